The lowest BCUT2D eigenvalue weighted by Crippen LogP contribution is -2.27. The number of unbranched alkanes of at least 4 members (excludes halogenated alkanes) is 25. The maximum atomic E-state index is 12.0. The van der Waals surface area contributed by atoms with Gasteiger partial charge in [-0.25, -0.2) is 0 Å². The number of carbonyl (C=O) groups excluding carboxylic acids is 2. The van der Waals surface area contributed by atoms with Crippen LogP contribution in [0.2, 0.25) is 0 Å². The standard InChI is InChI=1S/C35H69NO3/c1-3-5-7-9-11-13-15-17-19-21-23-25-27-29-31-35(38)39-33-32-36-34(37)30-28-26-24-22-20-18-16-14-12-10-8-6-4-2/h3-33H2,1-2H3,(H,36,37). The molecular formula is C35H69NO3. The molecule has 39 heavy (non-hydrogen) atoms. The van der Waals surface area contributed by atoms with Crippen LogP contribution in [0.4, 0.5) is 0 Å². The summed E-state index contributed by atoms with van der Waals surface area (Å²) >= 11 is 0. The zero-order chi connectivity index (χ0) is 28.5. The van der Waals surface area contributed by atoms with Gasteiger partial charge in [-0.2, -0.15) is 0 Å². The minimum absolute atomic E-state index is 0.0843. The highest BCUT2D eigenvalue weighted by molar-refractivity contribution is 5.75. The topological polar surface area (TPSA) is 55.4 Å². The summed E-state index contributed by atoms with van der Waals surface area (Å²) < 4.78 is 5.27. The Morgan fingerprint density at radius 2 is 0.744 bits per heavy atom. The van der Waals surface area contributed by atoms with Crippen molar-refractivity contribution in [1.29, 1.82) is 0 Å². The fraction of sp³-hybridized carbons (Fsp3) is 0.943. The van der Waals surface area contributed by atoms with Crippen LogP contribution in [0.5, 0.6) is 0 Å². The van der Waals surface area contributed by atoms with Gasteiger partial charge < -0.3 is 10.1 Å². The van der Waals surface area contributed by atoms with Crippen LogP contribution in [0.15, 0.2) is 0 Å². The fourth-order valence-electron chi connectivity index (χ4n) is 5.28. The van der Waals surface area contributed by atoms with Crippen LogP contribution < -0.4 is 5.32 Å². The van der Waals surface area contributed by atoms with Gasteiger partial charge in [0.25, 0.3) is 0 Å². The van der Waals surface area contributed by atoms with Gasteiger partial charge in [-0.3, -0.25) is 9.59 Å². The number of hydrogen-bond acceptors (Lipinski definition) is 3. The Balaban J connectivity index is 3.27. The smallest absolute Gasteiger partial charge is 0.305 e. The molecule has 0 radical (unpaired) electrons. The fourth-order valence-corrected chi connectivity index (χ4v) is 5.28. The van der Waals surface area contributed by atoms with E-state index in [1.54, 1.807) is 0 Å². The number of ether oxygens (including phenoxy) is 1. The first-order valence-electron chi connectivity index (χ1n) is 17.6. The largest absolute Gasteiger partial charge is 0.464 e. The van der Waals surface area contributed by atoms with E-state index in [0.717, 1.165) is 25.7 Å². The summed E-state index contributed by atoms with van der Waals surface area (Å²) in [7, 11) is 0. The summed E-state index contributed by atoms with van der Waals surface area (Å²) in [5, 5.41) is 2.89. The molecule has 0 aliphatic heterocycles. The van der Waals surface area contributed by atoms with Crippen LogP contribution >= 0.6 is 0 Å². The number of esters is 1. The quantitative estimate of drug-likeness (QED) is 0.0668. The molecule has 0 aromatic carbocycles. The highest BCUT2D eigenvalue weighted by atomic mass is 16.5. The summed E-state index contributed by atoms with van der Waals surface area (Å²) in [6, 6.07) is 0. The SMILES string of the molecule is CCCCCCCCCCCCCCCCC(=O)OCCNC(=O)CCCCCCCCCCCCCCC. The van der Waals surface area contributed by atoms with Crippen LogP contribution in [0, 0.1) is 0 Å². The Kier molecular flexibility index (Phi) is 32.2. The Morgan fingerprint density at radius 1 is 0.436 bits per heavy atom. The maximum absolute atomic E-state index is 12.0. The number of nitrogens with one attached hydrogen (secondary N) is 1. The van der Waals surface area contributed by atoms with Crippen molar-refractivity contribution in [3.05, 3.63) is 0 Å². The van der Waals surface area contributed by atoms with Gasteiger partial charge in [0.2, 0.25) is 5.91 Å². The van der Waals surface area contributed by atoms with Crippen molar-refractivity contribution in [2.45, 2.75) is 200 Å². The molecule has 0 aliphatic carbocycles. The van der Waals surface area contributed by atoms with Crippen molar-refractivity contribution < 1.29 is 14.3 Å². The number of amides is 1. The minimum atomic E-state index is -0.125. The van der Waals surface area contributed by atoms with Crippen LogP contribution in [0.3, 0.4) is 0 Å². The molecule has 0 spiro atoms. The highest BCUT2D eigenvalue weighted by Gasteiger charge is 2.04. The lowest BCUT2D eigenvalue weighted by molar-refractivity contribution is -0.144. The summed E-state index contributed by atoms with van der Waals surface area (Å²) in [4.78, 5) is 23.8. The zero-order valence-corrected chi connectivity index (χ0v) is 26.6. The normalized spacial score (nSPS) is 11.1. The molecule has 1 amide bonds. The molecular weight excluding hydrogens is 482 g/mol. The van der Waals surface area contributed by atoms with Gasteiger partial charge in [-0.1, -0.05) is 174 Å². The van der Waals surface area contributed by atoms with E-state index in [0.29, 0.717) is 26.0 Å². The third-order valence-corrected chi connectivity index (χ3v) is 7.93. The lowest BCUT2D eigenvalue weighted by atomic mass is 10.0. The Hall–Kier alpha value is -1.06. The summed E-state index contributed by atoms with van der Waals surface area (Å²) in [6.45, 7) is 5.27. The van der Waals surface area contributed by atoms with E-state index in [-0.39, 0.29) is 11.9 Å². The zero-order valence-electron chi connectivity index (χ0n) is 26.6. The van der Waals surface area contributed by atoms with E-state index in [2.05, 4.69) is 19.2 Å². The second-order valence-electron chi connectivity index (χ2n) is 11.9. The molecule has 0 aromatic rings. The first-order valence-corrected chi connectivity index (χ1v) is 17.6. The molecule has 0 saturated heterocycles. The molecule has 0 fully saturated rings. The van der Waals surface area contributed by atoms with Crippen molar-refractivity contribution in [2.75, 3.05) is 13.2 Å². The molecule has 0 aliphatic rings. The van der Waals surface area contributed by atoms with Gasteiger partial charge in [0.05, 0.1) is 6.54 Å². The van der Waals surface area contributed by atoms with Crippen molar-refractivity contribution in [3.8, 4) is 0 Å². The van der Waals surface area contributed by atoms with Crippen LogP contribution in [-0.2, 0) is 14.3 Å². The molecule has 0 unspecified atom stereocenters. The molecule has 0 heterocycles. The molecule has 1 N–H and O–H groups in total. The van der Waals surface area contributed by atoms with Crippen molar-refractivity contribution in [2.24, 2.45) is 0 Å². The van der Waals surface area contributed by atoms with E-state index >= 15 is 0 Å². The van der Waals surface area contributed by atoms with Crippen LogP contribution in [-0.4, -0.2) is 25.0 Å². The lowest BCUT2D eigenvalue weighted by Gasteiger charge is -2.07. The van der Waals surface area contributed by atoms with E-state index in [4.69, 9.17) is 4.74 Å². The van der Waals surface area contributed by atoms with E-state index in [1.165, 1.54) is 148 Å². The number of rotatable bonds is 32. The van der Waals surface area contributed by atoms with Gasteiger partial charge in [-0.15, -0.1) is 0 Å². The van der Waals surface area contributed by atoms with Gasteiger partial charge in [-0.05, 0) is 12.8 Å². The van der Waals surface area contributed by atoms with Gasteiger partial charge in [0.15, 0.2) is 0 Å². The van der Waals surface area contributed by atoms with Gasteiger partial charge in [0, 0.05) is 12.8 Å². The predicted molar refractivity (Wildman–Crippen MR) is 169 cm³/mol. The predicted octanol–water partition coefficient (Wildman–Crippen LogP) is 11.0. The first kappa shape index (κ1) is 37.9. The van der Waals surface area contributed by atoms with Crippen LogP contribution in [0.25, 0.3) is 0 Å². The van der Waals surface area contributed by atoms with Crippen LogP contribution in [0.1, 0.15) is 200 Å². The van der Waals surface area contributed by atoms with Crippen molar-refractivity contribution in [3.63, 3.8) is 0 Å². The molecule has 4 heteroatoms. The van der Waals surface area contributed by atoms with Gasteiger partial charge >= 0.3 is 5.97 Å². The summed E-state index contributed by atoms with van der Waals surface area (Å²) in [6.07, 6.45) is 36.6. The van der Waals surface area contributed by atoms with E-state index < -0.39 is 0 Å². The summed E-state index contributed by atoms with van der Waals surface area (Å²) in [5.41, 5.74) is 0. The van der Waals surface area contributed by atoms with Crippen molar-refractivity contribution in [1.82, 2.24) is 5.32 Å². The second kappa shape index (κ2) is 33.1. The third-order valence-electron chi connectivity index (χ3n) is 7.93. The Labute approximate surface area is 244 Å². The monoisotopic (exact) mass is 552 g/mol. The molecule has 0 aromatic heterocycles. The molecule has 4 nitrogen and oxygen atoms in total. The molecule has 0 saturated carbocycles. The van der Waals surface area contributed by atoms with E-state index in [1.807, 2.05) is 0 Å². The third kappa shape index (κ3) is 33.0. The maximum Gasteiger partial charge on any atom is 0.305 e. The second-order valence-corrected chi connectivity index (χ2v) is 11.9. The molecule has 0 rings (SSSR count). The van der Waals surface area contributed by atoms with E-state index in [9.17, 15) is 9.59 Å². The average Bonchev–Trinajstić information content (AvgIpc) is 2.93. The Bertz CT molecular complexity index is 508. The first-order chi connectivity index (χ1) is 19.2. The number of carbonyl (C=O) groups is 2. The van der Waals surface area contributed by atoms with Crippen molar-refractivity contribution >= 4 is 11.9 Å². The highest BCUT2D eigenvalue weighted by Crippen LogP contribution is 2.14. The average molecular weight is 552 g/mol. The number of hydrogen-bond donors (Lipinski definition) is 1. The van der Waals surface area contributed by atoms with Gasteiger partial charge in [0.1, 0.15) is 6.61 Å². The molecule has 0 bridgehead atoms. The molecule has 0 atom stereocenters. The Morgan fingerprint density at radius 3 is 1.10 bits per heavy atom. The summed E-state index contributed by atoms with van der Waals surface area (Å²) in [5.74, 6) is -0.0409. The minimum Gasteiger partial charge on any atom is -0.464 e. The molecule has 232 valence electrons.